The first-order valence-electron chi connectivity index (χ1n) is 6.07. The molecule has 0 aliphatic carbocycles. The number of rotatable bonds is 3. The molecule has 0 bridgehead atoms. The van der Waals surface area contributed by atoms with Crippen molar-refractivity contribution in [1.82, 2.24) is 10.0 Å². The zero-order valence-corrected chi connectivity index (χ0v) is 10.7. The summed E-state index contributed by atoms with van der Waals surface area (Å²) in [5, 5.41) is 2.45. The van der Waals surface area contributed by atoms with Crippen LogP contribution in [-0.2, 0) is 19.2 Å². The van der Waals surface area contributed by atoms with Gasteiger partial charge in [0.1, 0.15) is 0 Å². The lowest BCUT2D eigenvalue weighted by molar-refractivity contribution is -0.147. The molecule has 0 radical (unpaired) electrons. The molecule has 2 heterocycles. The first kappa shape index (κ1) is 12.8. The summed E-state index contributed by atoms with van der Waals surface area (Å²) >= 11 is 0. The minimum atomic E-state index is -0.628. The molecule has 0 aromatic heterocycles. The van der Waals surface area contributed by atoms with Crippen molar-refractivity contribution in [3.8, 4) is 0 Å². The van der Waals surface area contributed by atoms with Crippen LogP contribution in [0, 0.1) is 0 Å². The molecule has 104 valence electrons. The number of carbonyl (C=O) groups excluding carboxylic acids is 4. The molecule has 1 aromatic rings. The highest BCUT2D eigenvalue weighted by molar-refractivity contribution is 6.17. The van der Waals surface area contributed by atoms with Crippen LogP contribution in [-0.4, -0.2) is 33.6 Å². The number of hydrogen-bond acceptors (Lipinski definition) is 5. The fraction of sp³-hybridized carbons (Fsp3) is 0. The van der Waals surface area contributed by atoms with E-state index in [9.17, 15) is 19.2 Å². The molecule has 0 spiro atoms. The Kier molecular flexibility index (Phi) is 2.87. The van der Waals surface area contributed by atoms with E-state index in [4.69, 9.17) is 0 Å². The van der Waals surface area contributed by atoms with Gasteiger partial charge in [-0.3, -0.25) is 19.2 Å². The van der Waals surface area contributed by atoms with Crippen LogP contribution in [0.25, 0.3) is 0 Å². The number of amides is 4. The van der Waals surface area contributed by atoms with Crippen LogP contribution in [0.2, 0.25) is 0 Å². The highest BCUT2D eigenvalue weighted by atomic mass is 16.2. The topological polar surface area (TPSA) is 78.0 Å². The average molecular weight is 283 g/mol. The van der Waals surface area contributed by atoms with E-state index >= 15 is 0 Å². The van der Waals surface area contributed by atoms with Crippen molar-refractivity contribution in [2.45, 2.75) is 0 Å². The van der Waals surface area contributed by atoms with Crippen LogP contribution in [0.5, 0.6) is 0 Å². The molecule has 3 rings (SSSR count). The standard InChI is InChI=1S/C14H9N3O4/c18-11-6-7-12(19)15(11)17(10-4-2-1-3-5-10)16-13(20)8-9-14(16)21/h1-9H. The van der Waals surface area contributed by atoms with Gasteiger partial charge in [-0.25, -0.2) is 0 Å². The molecule has 7 nitrogen and oxygen atoms in total. The van der Waals surface area contributed by atoms with Crippen molar-refractivity contribution in [3.05, 3.63) is 54.6 Å². The second kappa shape index (κ2) is 4.71. The van der Waals surface area contributed by atoms with Gasteiger partial charge >= 0.3 is 0 Å². The number of hydrazine groups is 2. The van der Waals surface area contributed by atoms with Crippen LogP contribution in [0.15, 0.2) is 54.6 Å². The van der Waals surface area contributed by atoms with Crippen LogP contribution in [0.1, 0.15) is 0 Å². The molecule has 0 atom stereocenters. The largest absolute Gasteiger partial charge is 0.274 e. The van der Waals surface area contributed by atoms with Crippen LogP contribution < -0.4 is 5.12 Å². The van der Waals surface area contributed by atoms with Crippen molar-refractivity contribution in [2.75, 3.05) is 5.12 Å². The fourth-order valence-electron chi connectivity index (χ4n) is 2.04. The zero-order valence-electron chi connectivity index (χ0n) is 10.7. The van der Waals surface area contributed by atoms with Crippen molar-refractivity contribution < 1.29 is 19.2 Å². The molecule has 2 aliphatic rings. The molecule has 0 fully saturated rings. The van der Waals surface area contributed by atoms with Gasteiger partial charge in [-0.2, -0.15) is 15.1 Å². The van der Waals surface area contributed by atoms with Gasteiger partial charge in [0.2, 0.25) is 0 Å². The molecule has 0 saturated heterocycles. The normalized spacial score (nSPS) is 17.3. The van der Waals surface area contributed by atoms with Gasteiger partial charge in [0.05, 0.1) is 5.69 Å². The van der Waals surface area contributed by atoms with E-state index in [0.717, 1.165) is 39.4 Å². The Morgan fingerprint density at radius 2 is 1.00 bits per heavy atom. The maximum atomic E-state index is 11.9. The van der Waals surface area contributed by atoms with E-state index in [1.807, 2.05) is 0 Å². The number of anilines is 1. The molecular weight excluding hydrogens is 274 g/mol. The third-order valence-electron chi connectivity index (χ3n) is 2.94. The van der Waals surface area contributed by atoms with Gasteiger partial charge < -0.3 is 0 Å². The molecule has 1 aromatic carbocycles. The Morgan fingerprint density at radius 3 is 1.38 bits per heavy atom. The highest BCUT2D eigenvalue weighted by Gasteiger charge is 2.39. The Balaban J connectivity index is 2.08. The molecule has 21 heavy (non-hydrogen) atoms. The van der Waals surface area contributed by atoms with E-state index in [2.05, 4.69) is 0 Å². The van der Waals surface area contributed by atoms with Gasteiger partial charge in [0.15, 0.2) is 0 Å². The van der Waals surface area contributed by atoms with Gasteiger partial charge in [-0.1, -0.05) is 18.2 Å². The number of carbonyl (C=O) groups is 4. The third-order valence-corrected chi connectivity index (χ3v) is 2.94. The zero-order chi connectivity index (χ0) is 15.0. The van der Waals surface area contributed by atoms with Crippen molar-refractivity contribution >= 4 is 29.3 Å². The smallest absolute Gasteiger partial charge is 0.267 e. The van der Waals surface area contributed by atoms with Crippen molar-refractivity contribution in [2.24, 2.45) is 0 Å². The quantitative estimate of drug-likeness (QED) is 0.739. The predicted molar refractivity (Wildman–Crippen MR) is 70.9 cm³/mol. The number of benzene rings is 1. The summed E-state index contributed by atoms with van der Waals surface area (Å²) in [7, 11) is 0. The van der Waals surface area contributed by atoms with Gasteiger partial charge in [0, 0.05) is 24.3 Å². The number of para-hydroxylation sites is 1. The average Bonchev–Trinajstić information content (AvgIpc) is 2.98. The summed E-state index contributed by atoms with van der Waals surface area (Å²) in [5.41, 5.74) is 0.341. The number of hydrogen-bond donors (Lipinski definition) is 0. The lowest BCUT2D eigenvalue weighted by Gasteiger charge is -2.36. The third kappa shape index (κ3) is 2.00. The number of nitrogens with zero attached hydrogens (tertiary/aromatic N) is 3. The van der Waals surface area contributed by atoms with E-state index in [0.29, 0.717) is 5.69 Å². The first-order valence-corrected chi connectivity index (χ1v) is 6.07. The molecule has 0 N–H and O–H groups in total. The molecular formula is C14H9N3O4. The lowest BCUT2D eigenvalue weighted by Crippen LogP contribution is -2.58. The summed E-state index contributed by atoms with van der Waals surface area (Å²) in [6.07, 6.45) is 4.32. The molecule has 4 amide bonds. The minimum Gasteiger partial charge on any atom is -0.267 e. The molecule has 0 unspecified atom stereocenters. The summed E-state index contributed by atoms with van der Waals surface area (Å²) in [6.45, 7) is 0. The fourth-order valence-corrected chi connectivity index (χ4v) is 2.04. The van der Waals surface area contributed by atoms with Gasteiger partial charge in [-0.05, 0) is 12.1 Å². The van der Waals surface area contributed by atoms with Gasteiger partial charge in [-0.15, -0.1) is 0 Å². The van der Waals surface area contributed by atoms with Crippen LogP contribution >= 0.6 is 0 Å². The second-order valence-electron chi connectivity index (χ2n) is 4.27. The number of imide groups is 2. The summed E-state index contributed by atoms with van der Waals surface area (Å²) in [5.74, 6) is -2.51. The molecule has 0 saturated carbocycles. The Bertz CT molecular complexity index is 630. The van der Waals surface area contributed by atoms with Crippen molar-refractivity contribution in [1.29, 1.82) is 0 Å². The van der Waals surface area contributed by atoms with Gasteiger partial charge in [0.25, 0.3) is 23.6 Å². The predicted octanol–water partition coefficient (Wildman–Crippen LogP) is 0.173. The van der Waals surface area contributed by atoms with E-state index in [1.54, 1.807) is 30.3 Å². The summed E-state index contributed by atoms with van der Waals surface area (Å²) < 4.78 is 0. The maximum absolute atomic E-state index is 11.9. The van der Waals surface area contributed by atoms with E-state index in [-0.39, 0.29) is 0 Å². The monoisotopic (exact) mass is 283 g/mol. The maximum Gasteiger partial charge on any atom is 0.274 e. The van der Waals surface area contributed by atoms with E-state index < -0.39 is 23.6 Å². The minimum absolute atomic E-state index is 0.341. The molecule has 2 aliphatic heterocycles. The summed E-state index contributed by atoms with van der Waals surface area (Å²) in [6, 6.07) is 8.23. The Morgan fingerprint density at radius 1 is 0.619 bits per heavy atom. The van der Waals surface area contributed by atoms with Crippen molar-refractivity contribution in [3.63, 3.8) is 0 Å². The highest BCUT2D eigenvalue weighted by Crippen LogP contribution is 2.24. The Hall–Kier alpha value is -3.22. The van der Waals surface area contributed by atoms with Crippen LogP contribution in [0.3, 0.4) is 0 Å². The molecule has 7 heteroatoms. The first-order chi connectivity index (χ1) is 10.1. The summed E-state index contributed by atoms with van der Waals surface area (Å²) in [4.78, 5) is 47.5. The SMILES string of the molecule is O=C1C=CC(=O)N1N(c1ccccc1)N1C(=O)C=CC1=O. The second-order valence-corrected chi connectivity index (χ2v) is 4.27. The van der Waals surface area contributed by atoms with Crippen LogP contribution in [0.4, 0.5) is 5.69 Å². The van der Waals surface area contributed by atoms with E-state index in [1.165, 1.54) is 0 Å². The lowest BCUT2D eigenvalue weighted by atomic mass is 10.3. The Labute approximate surface area is 119 Å².